The summed E-state index contributed by atoms with van der Waals surface area (Å²) in [6.45, 7) is 1.23. The Morgan fingerprint density at radius 2 is 1.85 bits per heavy atom. The van der Waals surface area contributed by atoms with Crippen LogP contribution in [0.2, 0.25) is 0 Å². The van der Waals surface area contributed by atoms with Gasteiger partial charge in [0.25, 0.3) is 6.43 Å². The summed E-state index contributed by atoms with van der Waals surface area (Å²) in [5.41, 5.74) is 1.09. The van der Waals surface area contributed by atoms with Crippen molar-refractivity contribution in [1.82, 2.24) is 9.55 Å². The predicted molar refractivity (Wildman–Crippen MR) is 73.1 cm³/mol. The van der Waals surface area contributed by atoms with Crippen molar-refractivity contribution >= 4 is 22.6 Å². The Labute approximate surface area is 120 Å². The molecule has 0 aliphatic heterocycles. The van der Waals surface area contributed by atoms with Crippen LogP contribution in [-0.4, -0.2) is 30.2 Å². The number of fused-ring (bicyclic) bond motifs is 1. The maximum absolute atomic E-state index is 12.7. The fraction of sp³-hybridized carbons (Fsp3) is 0.462. The van der Waals surface area contributed by atoms with Gasteiger partial charge >= 0.3 is 0 Å². The van der Waals surface area contributed by atoms with E-state index in [0.29, 0.717) is 28.4 Å². The van der Waals surface area contributed by atoms with Crippen molar-refractivity contribution in [2.75, 3.05) is 14.2 Å². The van der Waals surface area contributed by atoms with E-state index in [2.05, 4.69) is 4.98 Å². The van der Waals surface area contributed by atoms with Gasteiger partial charge in [0.2, 0.25) is 0 Å². The molecular weight excluding hydrogens is 290 g/mol. The summed E-state index contributed by atoms with van der Waals surface area (Å²) in [7, 11) is 2.99. The number of nitrogens with zero attached hydrogens (tertiary/aromatic N) is 2. The van der Waals surface area contributed by atoms with Crippen LogP contribution in [0, 0.1) is 0 Å². The molecule has 1 unspecified atom stereocenters. The summed E-state index contributed by atoms with van der Waals surface area (Å²) in [6, 6.07) is 3.28. The number of hydrogen-bond donors (Lipinski definition) is 0. The lowest BCUT2D eigenvalue weighted by atomic mass is 10.2. The number of aromatic nitrogens is 2. The summed E-state index contributed by atoms with van der Waals surface area (Å²) in [6.07, 6.45) is -2.49. The van der Waals surface area contributed by atoms with Crippen molar-refractivity contribution in [3.63, 3.8) is 0 Å². The van der Waals surface area contributed by atoms with E-state index >= 15 is 0 Å². The van der Waals surface area contributed by atoms with Crippen molar-refractivity contribution in [3.8, 4) is 11.5 Å². The number of halogens is 3. The third-order valence-corrected chi connectivity index (χ3v) is 3.15. The summed E-state index contributed by atoms with van der Waals surface area (Å²) in [5.74, 6) is 1.36. The molecule has 2 aromatic rings. The molecule has 1 aromatic carbocycles. The Morgan fingerprint density at radius 3 is 2.35 bits per heavy atom. The molecule has 7 heteroatoms. The molecule has 0 aliphatic rings. The highest BCUT2D eigenvalue weighted by Crippen LogP contribution is 2.34. The SMILES string of the molecule is COc1cc2nc(C(C)Cl)n(CC(F)F)c2cc1OC. The van der Waals surface area contributed by atoms with Crippen LogP contribution in [-0.2, 0) is 6.54 Å². The summed E-state index contributed by atoms with van der Waals surface area (Å²) in [5, 5.41) is -0.474. The first-order valence-corrected chi connectivity index (χ1v) is 6.46. The number of imidazole rings is 1. The van der Waals surface area contributed by atoms with Crippen LogP contribution in [0.5, 0.6) is 11.5 Å². The van der Waals surface area contributed by atoms with Crippen molar-refractivity contribution in [1.29, 1.82) is 0 Å². The smallest absolute Gasteiger partial charge is 0.256 e. The monoisotopic (exact) mass is 304 g/mol. The van der Waals surface area contributed by atoms with E-state index in [4.69, 9.17) is 21.1 Å². The van der Waals surface area contributed by atoms with E-state index in [0.717, 1.165) is 0 Å². The second-order valence-electron chi connectivity index (χ2n) is 4.28. The molecule has 0 fully saturated rings. The first-order valence-electron chi connectivity index (χ1n) is 6.02. The molecule has 1 heterocycles. The van der Waals surface area contributed by atoms with E-state index in [9.17, 15) is 8.78 Å². The lowest BCUT2D eigenvalue weighted by Gasteiger charge is -2.11. The summed E-state index contributed by atoms with van der Waals surface area (Å²) >= 11 is 6.02. The lowest BCUT2D eigenvalue weighted by Crippen LogP contribution is -2.10. The van der Waals surface area contributed by atoms with Gasteiger partial charge in [-0.2, -0.15) is 0 Å². The molecule has 4 nitrogen and oxygen atoms in total. The van der Waals surface area contributed by atoms with Gasteiger partial charge in [0.05, 0.1) is 37.2 Å². The predicted octanol–water partition coefficient (Wildman–Crippen LogP) is 3.62. The average Bonchev–Trinajstić information content (AvgIpc) is 2.74. The van der Waals surface area contributed by atoms with Crippen LogP contribution in [0.4, 0.5) is 8.78 Å². The van der Waals surface area contributed by atoms with E-state index in [1.807, 2.05) is 0 Å². The third-order valence-electron chi connectivity index (χ3n) is 2.96. The van der Waals surface area contributed by atoms with Gasteiger partial charge in [-0.25, -0.2) is 13.8 Å². The maximum Gasteiger partial charge on any atom is 0.256 e. The minimum atomic E-state index is -2.49. The molecular formula is C13H15ClF2N2O2. The normalized spacial score (nSPS) is 12.9. The fourth-order valence-corrected chi connectivity index (χ4v) is 2.27. The molecule has 0 spiro atoms. The second kappa shape index (κ2) is 5.83. The quantitative estimate of drug-likeness (QED) is 0.792. The first kappa shape index (κ1) is 14.8. The van der Waals surface area contributed by atoms with Crippen molar-refractivity contribution in [3.05, 3.63) is 18.0 Å². The van der Waals surface area contributed by atoms with Gasteiger partial charge in [0.1, 0.15) is 5.82 Å². The van der Waals surface area contributed by atoms with Crippen LogP contribution in [0.1, 0.15) is 18.1 Å². The Balaban J connectivity index is 2.68. The fourth-order valence-electron chi connectivity index (χ4n) is 2.10. The number of hydrogen-bond acceptors (Lipinski definition) is 3. The Kier molecular flexibility index (Phi) is 4.32. The highest BCUT2D eigenvalue weighted by atomic mass is 35.5. The third kappa shape index (κ3) is 2.65. The van der Waals surface area contributed by atoms with Crippen LogP contribution in [0.25, 0.3) is 11.0 Å². The summed E-state index contributed by atoms with van der Waals surface area (Å²) in [4.78, 5) is 4.31. The molecule has 0 bridgehead atoms. The van der Waals surface area contributed by atoms with Gasteiger partial charge in [-0.05, 0) is 6.92 Å². The average molecular weight is 305 g/mol. The number of methoxy groups -OCH3 is 2. The molecule has 0 N–H and O–H groups in total. The number of benzene rings is 1. The molecule has 0 saturated carbocycles. The minimum absolute atomic E-state index is 0.400. The van der Waals surface area contributed by atoms with E-state index < -0.39 is 18.3 Å². The van der Waals surface area contributed by atoms with Gasteiger partial charge in [0, 0.05) is 12.1 Å². The molecule has 1 aromatic heterocycles. The van der Waals surface area contributed by atoms with Crippen LogP contribution in [0.3, 0.4) is 0 Å². The van der Waals surface area contributed by atoms with Crippen LogP contribution < -0.4 is 9.47 Å². The molecule has 0 saturated heterocycles. The van der Waals surface area contributed by atoms with Gasteiger partial charge in [0.15, 0.2) is 11.5 Å². The Bertz CT molecular complexity index is 614. The summed E-state index contributed by atoms with van der Waals surface area (Å²) < 4.78 is 37.3. The Hall–Kier alpha value is -1.56. The topological polar surface area (TPSA) is 36.3 Å². The zero-order valence-electron chi connectivity index (χ0n) is 11.4. The first-order chi connectivity index (χ1) is 9.47. The van der Waals surface area contributed by atoms with Crippen molar-refractivity contribution < 1.29 is 18.3 Å². The van der Waals surface area contributed by atoms with Gasteiger partial charge < -0.3 is 14.0 Å². The highest BCUT2D eigenvalue weighted by Gasteiger charge is 2.20. The molecule has 2 rings (SSSR count). The zero-order chi connectivity index (χ0) is 14.9. The van der Waals surface area contributed by atoms with E-state index in [1.165, 1.54) is 18.8 Å². The van der Waals surface area contributed by atoms with Gasteiger partial charge in [-0.15, -0.1) is 11.6 Å². The Morgan fingerprint density at radius 1 is 1.25 bits per heavy atom. The van der Waals surface area contributed by atoms with Gasteiger partial charge in [-0.3, -0.25) is 0 Å². The highest BCUT2D eigenvalue weighted by molar-refractivity contribution is 6.20. The maximum atomic E-state index is 12.7. The number of rotatable bonds is 5. The number of ether oxygens (including phenoxy) is 2. The van der Waals surface area contributed by atoms with Crippen molar-refractivity contribution in [2.24, 2.45) is 0 Å². The second-order valence-corrected chi connectivity index (χ2v) is 4.94. The van der Waals surface area contributed by atoms with E-state index in [-0.39, 0.29) is 0 Å². The van der Waals surface area contributed by atoms with Crippen LogP contribution in [0.15, 0.2) is 12.1 Å². The van der Waals surface area contributed by atoms with Crippen LogP contribution >= 0.6 is 11.6 Å². The molecule has 0 amide bonds. The molecule has 110 valence electrons. The molecule has 0 radical (unpaired) electrons. The molecule has 1 atom stereocenters. The lowest BCUT2D eigenvalue weighted by molar-refractivity contribution is 0.127. The van der Waals surface area contributed by atoms with Gasteiger partial charge in [-0.1, -0.05) is 0 Å². The minimum Gasteiger partial charge on any atom is -0.493 e. The number of alkyl halides is 3. The van der Waals surface area contributed by atoms with Crippen molar-refractivity contribution in [2.45, 2.75) is 25.3 Å². The molecule has 20 heavy (non-hydrogen) atoms. The molecule has 0 aliphatic carbocycles. The standard InChI is InChI=1S/C13H15ClF2N2O2/c1-7(14)13-17-8-4-10(19-2)11(20-3)5-9(8)18(13)6-12(15)16/h4-5,7,12H,6H2,1-3H3. The largest absolute Gasteiger partial charge is 0.493 e. The zero-order valence-corrected chi connectivity index (χ0v) is 12.1. The van der Waals surface area contributed by atoms with E-state index in [1.54, 1.807) is 19.1 Å².